The summed E-state index contributed by atoms with van der Waals surface area (Å²) in [6.45, 7) is 7.33. The Kier molecular flexibility index (Phi) is 6.40. The Bertz CT molecular complexity index is 1060. The standard InChI is InChI=1S/C24H26N4O3/c1-16-6-9-20(10-7-16)28-19(4)23(30)27(24(28)31)15-22(29)26(13-5-12-25)21-11-8-17(2)18(3)14-21/h6-11,14,19H,5,13,15H2,1-4H3. The predicted molar refractivity (Wildman–Crippen MR) is 119 cm³/mol. The van der Waals surface area contributed by atoms with Gasteiger partial charge in [0.25, 0.3) is 5.91 Å². The summed E-state index contributed by atoms with van der Waals surface area (Å²) in [5.41, 5.74) is 4.40. The number of rotatable bonds is 6. The molecule has 31 heavy (non-hydrogen) atoms. The number of imide groups is 1. The minimum absolute atomic E-state index is 0.145. The molecule has 0 aromatic heterocycles. The van der Waals surface area contributed by atoms with Crippen molar-refractivity contribution in [2.45, 2.75) is 40.2 Å². The lowest BCUT2D eigenvalue weighted by atomic mass is 10.1. The number of nitriles is 1. The van der Waals surface area contributed by atoms with Crippen LogP contribution in [0.15, 0.2) is 42.5 Å². The zero-order valence-corrected chi connectivity index (χ0v) is 18.3. The Morgan fingerprint density at radius 2 is 1.74 bits per heavy atom. The van der Waals surface area contributed by atoms with E-state index in [1.807, 2.05) is 51.1 Å². The van der Waals surface area contributed by atoms with Crippen molar-refractivity contribution >= 4 is 29.2 Å². The number of nitrogens with zero attached hydrogens (tertiary/aromatic N) is 4. The molecule has 3 rings (SSSR count). The zero-order chi connectivity index (χ0) is 22.7. The van der Waals surface area contributed by atoms with Crippen LogP contribution in [-0.4, -0.2) is 41.9 Å². The van der Waals surface area contributed by atoms with Crippen molar-refractivity contribution < 1.29 is 14.4 Å². The second kappa shape index (κ2) is 9.00. The Hall–Kier alpha value is -3.66. The second-order valence-corrected chi connectivity index (χ2v) is 7.81. The van der Waals surface area contributed by atoms with Gasteiger partial charge in [-0.05, 0) is 63.1 Å². The molecule has 7 nitrogen and oxygen atoms in total. The molecule has 2 aromatic carbocycles. The van der Waals surface area contributed by atoms with E-state index in [0.29, 0.717) is 11.4 Å². The fourth-order valence-electron chi connectivity index (χ4n) is 3.58. The summed E-state index contributed by atoms with van der Waals surface area (Å²) in [6.07, 6.45) is 0.145. The second-order valence-electron chi connectivity index (χ2n) is 7.81. The first-order valence-electron chi connectivity index (χ1n) is 10.2. The molecule has 7 heteroatoms. The lowest BCUT2D eigenvalue weighted by molar-refractivity contribution is -0.131. The molecule has 0 spiro atoms. The molecule has 1 saturated heterocycles. The number of anilines is 2. The third kappa shape index (κ3) is 4.43. The Balaban J connectivity index is 1.84. The molecule has 0 radical (unpaired) electrons. The number of benzene rings is 2. The SMILES string of the molecule is Cc1ccc(N2C(=O)N(CC(=O)N(CCC#N)c3ccc(C)c(C)c3)C(=O)C2C)cc1. The number of hydrogen-bond acceptors (Lipinski definition) is 4. The van der Waals surface area contributed by atoms with Crippen LogP contribution in [0.25, 0.3) is 0 Å². The lowest BCUT2D eigenvalue weighted by Gasteiger charge is -2.25. The average Bonchev–Trinajstić information content (AvgIpc) is 2.95. The highest BCUT2D eigenvalue weighted by Crippen LogP contribution is 2.27. The maximum atomic E-state index is 13.1. The molecular weight excluding hydrogens is 392 g/mol. The summed E-state index contributed by atoms with van der Waals surface area (Å²) < 4.78 is 0. The molecule has 1 atom stereocenters. The summed E-state index contributed by atoms with van der Waals surface area (Å²) in [4.78, 5) is 42.8. The molecule has 0 aliphatic carbocycles. The summed E-state index contributed by atoms with van der Waals surface area (Å²) >= 11 is 0. The molecular formula is C24H26N4O3. The molecule has 4 amide bonds. The minimum atomic E-state index is -0.697. The summed E-state index contributed by atoms with van der Waals surface area (Å²) in [7, 11) is 0. The van der Waals surface area contributed by atoms with Crippen LogP contribution in [-0.2, 0) is 9.59 Å². The molecule has 0 N–H and O–H groups in total. The van der Waals surface area contributed by atoms with E-state index in [9.17, 15) is 14.4 Å². The number of hydrogen-bond donors (Lipinski definition) is 0. The zero-order valence-electron chi connectivity index (χ0n) is 18.3. The average molecular weight is 418 g/mol. The van der Waals surface area contributed by atoms with Gasteiger partial charge in [0.2, 0.25) is 5.91 Å². The molecule has 1 heterocycles. The van der Waals surface area contributed by atoms with E-state index in [1.54, 1.807) is 19.1 Å². The van der Waals surface area contributed by atoms with Gasteiger partial charge in [-0.25, -0.2) is 4.79 Å². The monoisotopic (exact) mass is 418 g/mol. The molecule has 0 saturated carbocycles. The predicted octanol–water partition coefficient (Wildman–Crippen LogP) is 3.72. The van der Waals surface area contributed by atoms with Gasteiger partial charge in [-0.15, -0.1) is 0 Å². The molecule has 1 fully saturated rings. The van der Waals surface area contributed by atoms with Crippen molar-refractivity contribution in [2.75, 3.05) is 22.9 Å². The van der Waals surface area contributed by atoms with Gasteiger partial charge in [0.15, 0.2) is 0 Å². The van der Waals surface area contributed by atoms with Gasteiger partial charge >= 0.3 is 6.03 Å². The van der Waals surface area contributed by atoms with Crippen molar-refractivity contribution in [1.82, 2.24) is 4.90 Å². The fraction of sp³-hybridized carbons (Fsp3) is 0.333. The van der Waals surface area contributed by atoms with Gasteiger partial charge in [-0.1, -0.05) is 23.8 Å². The van der Waals surface area contributed by atoms with E-state index < -0.39 is 23.9 Å². The van der Waals surface area contributed by atoms with E-state index in [2.05, 4.69) is 6.07 Å². The largest absolute Gasteiger partial charge is 0.332 e. The van der Waals surface area contributed by atoms with Crippen molar-refractivity contribution in [3.8, 4) is 6.07 Å². The van der Waals surface area contributed by atoms with Gasteiger partial charge in [-0.2, -0.15) is 5.26 Å². The van der Waals surface area contributed by atoms with Crippen molar-refractivity contribution in [3.63, 3.8) is 0 Å². The van der Waals surface area contributed by atoms with E-state index in [0.717, 1.165) is 21.6 Å². The smallest absolute Gasteiger partial charge is 0.310 e. The maximum Gasteiger partial charge on any atom is 0.332 e. The highest BCUT2D eigenvalue weighted by atomic mass is 16.2. The normalized spacial score (nSPS) is 15.9. The molecule has 2 aromatic rings. The van der Waals surface area contributed by atoms with E-state index in [1.165, 1.54) is 9.80 Å². The van der Waals surface area contributed by atoms with Crippen LogP contribution in [0.4, 0.5) is 16.2 Å². The van der Waals surface area contributed by atoms with Gasteiger partial charge < -0.3 is 4.90 Å². The van der Waals surface area contributed by atoms with Crippen LogP contribution in [0, 0.1) is 32.1 Å². The van der Waals surface area contributed by atoms with Crippen molar-refractivity contribution in [2.24, 2.45) is 0 Å². The van der Waals surface area contributed by atoms with E-state index in [-0.39, 0.29) is 19.5 Å². The van der Waals surface area contributed by atoms with Gasteiger partial charge in [0, 0.05) is 17.9 Å². The van der Waals surface area contributed by atoms with Crippen LogP contribution < -0.4 is 9.80 Å². The van der Waals surface area contributed by atoms with Gasteiger partial charge in [0.1, 0.15) is 12.6 Å². The molecule has 1 aliphatic rings. The molecule has 160 valence electrons. The Morgan fingerprint density at radius 3 is 2.35 bits per heavy atom. The van der Waals surface area contributed by atoms with Crippen molar-refractivity contribution in [3.05, 3.63) is 59.2 Å². The molecule has 1 unspecified atom stereocenters. The highest BCUT2D eigenvalue weighted by Gasteiger charge is 2.44. The number of aryl methyl sites for hydroxylation is 3. The molecule has 0 bridgehead atoms. The van der Waals surface area contributed by atoms with Crippen LogP contribution in [0.1, 0.15) is 30.0 Å². The quantitative estimate of drug-likeness (QED) is 0.669. The van der Waals surface area contributed by atoms with Crippen molar-refractivity contribution in [1.29, 1.82) is 5.26 Å². The Labute approximate surface area is 182 Å². The van der Waals surface area contributed by atoms with Gasteiger partial charge in [0.05, 0.1) is 12.5 Å². The lowest BCUT2D eigenvalue weighted by Crippen LogP contribution is -2.44. The first-order chi connectivity index (χ1) is 14.7. The minimum Gasteiger partial charge on any atom is -0.310 e. The highest BCUT2D eigenvalue weighted by molar-refractivity contribution is 6.16. The third-order valence-electron chi connectivity index (χ3n) is 5.60. The number of carbonyl (C=O) groups excluding carboxylic acids is 3. The number of urea groups is 1. The van der Waals surface area contributed by atoms with Crippen LogP contribution in [0.3, 0.4) is 0 Å². The van der Waals surface area contributed by atoms with Gasteiger partial charge in [-0.3, -0.25) is 19.4 Å². The van der Waals surface area contributed by atoms with E-state index in [4.69, 9.17) is 5.26 Å². The van der Waals surface area contributed by atoms with Crippen LogP contribution >= 0.6 is 0 Å². The fourth-order valence-corrected chi connectivity index (χ4v) is 3.58. The molecule has 1 aliphatic heterocycles. The summed E-state index contributed by atoms with van der Waals surface area (Å²) in [5, 5.41) is 9.01. The van der Waals surface area contributed by atoms with E-state index >= 15 is 0 Å². The maximum absolute atomic E-state index is 13.1. The van der Waals surface area contributed by atoms with Crippen LogP contribution in [0.2, 0.25) is 0 Å². The first kappa shape index (κ1) is 22.0. The number of amides is 4. The third-order valence-corrected chi connectivity index (χ3v) is 5.60. The Morgan fingerprint density at radius 1 is 1.06 bits per heavy atom. The first-order valence-corrected chi connectivity index (χ1v) is 10.2. The van der Waals surface area contributed by atoms with Crippen LogP contribution in [0.5, 0.6) is 0 Å². The summed E-state index contributed by atoms with van der Waals surface area (Å²) in [6, 6.07) is 13.7. The summed E-state index contributed by atoms with van der Waals surface area (Å²) in [5.74, 6) is -0.822. The number of carbonyl (C=O) groups is 3. The topological polar surface area (TPSA) is 84.7 Å².